The van der Waals surface area contributed by atoms with Crippen molar-refractivity contribution < 1.29 is 14.6 Å². The number of carboxylic acid groups (broad SMARTS) is 1. The summed E-state index contributed by atoms with van der Waals surface area (Å²) in [7, 11) is 0. The van der Waals surface area contributed by atoms with E-state index in [1.165, 1.54) is 0 Å². The minimum absolute atomic E-state index is 0.0467. The van der Waals surface area contributed by atoms with E-state index in [0.29, 0.717) is 28.9 Å². The average Bonchev–Trinajstić information content (AvgIpc) is 2.80. The molecule has 0 unspecified atom stereocenters. The van der Waals surface area contributed by atoms with Gasteiger partial charge in [0.2, 0.25) is 0 Å². The third-order valence-electron chi connectivity index (χ3n) is 2.78. The van der Waals surface area contributed by atoms with Crippen LogP contribution in [0.15, 0.2) is 24.3 Å². The van der Waals surface area contributed by atoms with E-state index in [1.807, 2.05) is 13.8 Å². The largest absolute Gasteiger partial charge is 0.486 e. The summed E-state index contributed by atoms with van der Waals surface area (Å²) in [4.78, 5) is 11.2. The van der Waals surface area contributed by atoms with Crippen molar-refractivity contribution >= 4 is 17.6 Å². The highest BCUT2D eigenvalue weighted by Crippen LogP contribution is 2.24. The molecule has 6 nitrogen and oxygen atoms in total. The Bertz CT molecular complexity index is 640. The molecule has 0 amide bonds. The lowest BCUT2D eigenvalue weighted by atomic mass is 10.2. The molecule has 1 N–H and O–H groups in total. The molecule has 0 saturated carbocycles. The molecule has 112 valence electrons. The molecule has 0 spiro atoms. The molecule has 0 bridgehead atoms. The second kappa shape index (κ2) is 6.58. The fourth-order valence-corrected chi connectivity index (χ4v) is 2.03. The predicted octanol–water partition coefficient (Wildman–Crippen LogP) is 2.86. The van der Waals surface area contributed by atoms with Crippen LogP contribution in [0.2, 0.25) is 5.02 Å². The van der Waals surface area contributed by atoms with Gasteiger partial charge < -0.3 is 9.84 Å². The third kappa shape index (κ3) is 3.72. The van der Waals surface area contributed by atoms with Crippen molar-refractivity contribution in [3.63, 3.8) is 0 Å². The van der Waals surface area contributed by atoms with Crippen LogP contribution in [0, 0.1) is 5.92 Å². The Balaban J connectivity index is 2.23. The zero-order valence-corrected chi connectivity index (χ0v) is 12.5. The van der Waals surface area contributed by atoms with E-state index >= 15 is 0 Å². The van der Waals surface area contributed by atoms with Crippen molar-refractivity contribution in [2.24, 2.45) is 5.92 Å². The number of halogens is 1. The van der Waals surface area contributed by atoms with E-state index in [0.717, 1.165) is 0 Å². The quantitative estimate of drug-likeness (QED) is 0.887. The van der Waals surface area contributed by atoms with Gasteiger partial charge in [0, 0.05) is 6.54 Å². The van der Waals surface area contributed by atoms with Crippen molar-refractivity contribution in [2.75, 3.05) is 0 Å². The van der Waals surface area contributed by atoms with Gasteiger partial charge in [-0.2, -0.15) is 0 Å². The molecule has 0 aliphatic heterocycles. The second-order valence-electron chi connectivity index (χ2n) is 4.98. The lowest BCUT2D eigenvalue weighted by molar-refractivity contribution is 0.0687. The van der Waals surface area contributed by atoms with Crippen LogP contribution in [0.25, 0.3) is 0 Å². The SMILES string of the molecule is CC(C)Cn1nnc(C(=O)O)c1COc1ccccc1Cl. The minimum atomic E-state index is -1.12. The molecule has 0 radical (unpaired) electrons. The van der Waals surface area contributed by atoms with Crippen molar-refractivity contribution in [1.29, 1.82) is 0 Å². The number of benzene rings is 1. The van der Waals surface area contributed by atoms with Crippen LogP contribution in [0.3, 0.4) is 0 Å². The second-order valence-corrected chi connectivity index (χ2v) is 5.39. The van der Waals surface area contributed by atoms with Crippen LogP contribution >= 0.6 is 11.6 Å². The first-order valence-electron chi connectivity index (χ1n) is 6.52. The highest BCUT2D eigenvalue weighted by molar-refractivity contribution is 6.32. The van der Waals surface area contributed by atoms with Gasteiger partial charge in [0.15, 0.2) is 5.69 Å². The van der Waals surface area contributed by atoms with Crippen molar-refractivity contribution in [2.45, 2.75) is 27.0 Å². The van der Waals surface area contributed by atoms with Gasteiger partial charge >= 0.3 is 5.97 Å². The Hall–Kier alpha value is -2.08. The number of aromatic nitrogens is 3. The maximum Gasteiger partial charge on any atom is 0.358 e. The zero-order valence-electron chi connectivity index (χ0n) is 11.8. The molecule has 0 saturated heterocycles. The van der Waals surface area contributed by atoms with E-state index in [4.69, 9.17) is 21.4 Å². The number of hydrogen-bond donors (Lipinski definition) is 1. The van der Waals surface area contributed by atoms with E-state index in [1.54, 1.807) is 28.9 Å². The zero-order chi connectivity index (χ0) is 15.4. The van der Waals surface area contributed by atoms with Crippen LogP contribution < -0.4 is 4.74 Å². The van der Waals surface area contributed by atoms with E-state index in [2.05, 4.69) is 10.3 Å². The number of aromatic carboxylic acids is 1. The molecule has 2 aromatic rings. The van der Waals surface area contributed by atoms with Gasteiger partial charge in [0.1, 0.15) is 18.1 Å². The first kappa shape index (κ1) is 15.3. The van der Waals surface area contributed by atoms with Crippen molar-refractivity contribution in [3.8, 4) is 5.75 Å². The molecule has 7 heteroatoms. The lowest BCUT2D eigenvalue weighted by Crippen LogP contribution is -2.14. The summed E-state index contributed by atoms with van der Waals surface area (Å²) in [6.45, 7) is 4.65. The summed E-state index contributed by atoms with van der Waals surface area (Å²) in [5.41, 5.74) is 0.332. The Kier molecular flexibility index (Phi) is 4.80. The maximum atomic E-state index is 11.2. The van der Waals surface area contributed by atoms with Crippen LogP contribution in [0.1, 0.15) is 30.0 Å². The number of carboxylic acids is 1. The Morgan fingerprint density at radius 2 is 2.14 bits per heavy atom. The molecule has 0 atom stereocenters. The smallest absolute Gasteiger partial charge is 0.358 e. The van der Waals surface area contributed by atoms with Gasteiger partial charge in [-0.15, -0.1) is 5.10 Å². The molecular formula is C14H16ClN3O3. The predicted molar refractivity (Wildman–Crippen MR) is 77.6 cm³/mol. The highest BCUT2D eigenvalue weighted by Gasteiger charge is 2.20. The summed E-state index contributed by atoms with van der Waals surface area (Å²) in [6.07, 6.45) is 0. The molecule has 0 aliphatic rings. The molecule has 0 fully saturated rings. The van der Waals surface area contributed by atoms with Crippen LogP contribution in [0.5, 0.6) is 5.75 Å². The Labute approximate surface area is 127 Å². The number of rotatable bonds is 6. The van der Waals surface area contributed by atoms with Gasteiger partial charge in [-0.25, -0.2) is 9.48 Å². The summed E-state index contributed by atoms with van der Waals surface area (Å²) in [5.74, 6) is -0.317. The number of ether oxygens (including phenoxy) is 1. The fraction of sp³-hybridized carbons (Fsp3) is 0.357. The van der Waals surface area contributed by atoms with Gasteiger partial charge in [-0.05, 0) is 18.1 Å². The van der Waals surface area contributed by atoms with E-state index in [9.17, 15) is 4.79 Å². The summed E-state index contributed by atoms with van der Waals surface area (Å²) in [6, 6.07) is 7.02. The molecule has 1 aromatic carbocycles. The van der Waals surface area contributed by atoms with Gasteiger partial charge in [0.25, 0.3) is 0 Å². The van der Waals surface area contributed by atoms with Crippen molar-refractivity contribution in [1.82, 2.24) is 15.0 Å². The first-order chi connectivity index (χ1) is 9.99. The maximum absolute atomic E-state index is 11.2. The fourth-order valence-electron chi connectivity index (χ4n) is 1.84. The monoisotopic (exact) mass is 309 g/mol. The molecule has 2 rings (SSSR count). The molecule has 1 heterocycles. The van der Waals surface area contributed by atoms with Crippen LogP contribution in [0.4, 0.5) is 0 Å². The average molecular weight is 310 g/mol. The molecular weight excluding hydrogens is 294 g/mol. The summed E-state index contributed by atoms with van der Waals surface area (Å²) < 4.78 is 7.16. The molecule has 21 heavy (non-hydrogen) atoms. The van der Waals surface area contributed by atoms with E-state index < -0.39 is 5.97 Å². The summed E-state index contributed by atoms with van der Waals surface area (Å²) >= 11 is 6.01. The highest BCUT2D eigenvalue weighted by atomic mass is 35.5. The third-order valence-corrected chi connectivity index (χ3v) is 3.09. The number of para-hydroxylation sites is 1. The van der Waals surface area contributed by atoms with E-state index in [-0.39, 0.29) is 12.3 Å². The van der Waals surface area contributed by atoms with Crippen LogP contribution in [-0.2, 0) is 13.2 Å². The Morgan fingerprint density at radius 3 is 2.76 bits per heavy atom. The Morgan fingerprint density at radius 1 is 1.43 bits per heavy atom. The lowest BCUT2D eigenvalue weighted by Gasteiger charge is -2.11. The minimum Gasteiger partial charge on any atom is -0.486 e. The molecule has 0 aliphatic carbocycles. The number of hydrogen-bond acceptors (Lipinski definition) is 4. The number of nitrogens with zero attached hydrogens (tertiary/aromatic N) is 3. The first-order valence-corrected chi connectivity index (χ1v) is 6.89. The number of carbonyl (C=O) groups is 1. The van der Waals surface area contributed by atoms with Gasteiger partial charge in [-0.3, -0.25) is 0 Å². The van der Waals surface area contributed by atoms with Crippen molar-refractivity contribution in [3.05, 3.63) is 40.7 Å². The molecule has 1 aromatic heterocycles. The standard InChI is InChI=1S/C14H16ClN3O3/c1-9(2)7-18-11(13(14(19)20)16-17-18)8-21-12-6-4-3-5-10(12)15/h3-6,9H,7-8H2,1-2H3,(H,19,20). The van der Waals surface area contributed by atoms with Gasteiger partial charge in [-0.1, -0.05) is 42.8 Å². The van der Waals surface area contributed by atoms with Crippen LogP contribution in [-0.4, -0.2) is 26.1 Å². The normalized spacial score (nSPS) is 10.9. The topological polar surface area (TPSA) is 77.2 Å². The van der Waals surface area contributed by atoms with Gasteiger partial charge in [0.05, 0.1) is 5.02 Å². The summed E-state index contributed by atoms with van der Waals surface area (Å²) in [5, 5.41) is 17.2.